The maximum absolute atomic E-state index is 12.7. The third-order valence-electron chi connectivity index (χ3n) is 3.99. The van der Waals surface area contributed by atoms with E-state index < -0.39 is 0 Å². The van der Waals surface area contributed by atoms with Crippen molar-refractivity contribution in [1.29, 1.82) is 0 Å². The van der Waals surface area contributed by atoms with E-state index in [0.717, 1.165) is 18.5 Å². The predicted octanol–water partition coefficient (Wildman–Crippen LogP) is 3.63. The van der Waals surface area contributed by atoms with Crippen LogP contribution in [0.1, 0.15) is 39.7 Å². The number of fused-ring (bicyclic) bond motifs is 1. The van der Waals surface area contributed by atoms with Gasteiger partial charge in [-0.1, -0.05) is 12.1 Å². The van der Waals surface area contributed by atoms with Crippen LogP contribution in [0.4, 0.5) is 5.13 Å². The van der Waals surface area contributed by atoms with Gasteiger partial charge in [0.2, 0.25) is 11.8 Å². The SMILES string of the molecule is Cc1nnc(-c2ccccc2C(=O)Nc2nc3c(s2)CCCC3)o1. The Labute approximate surface area is 143 Å². The number of anilines is 1. The minimum Gasteiger partial charge on any atom is -0.421 e. The van der Waals surface area contributed by atoms with Crippen LogP contribution in [-0.2, 0) is 12.8 Å². The Morgan fingerprint density at radius 1 is 1.21 bits per heavy atom. The van der Waals surface area contributed by atoms with E-state index in [1.54, 1.807) is 30.4 Å². The lowest BCUT2D eigenvalue weighted by Gasteiger charge is -2.06. The van der Waals surface area contributed by atoms with Crippen molar-refractivity contribution in [3.63, 3.8) is 0 Å². The number of hydrogen-bond donors (Lipinski definition) is 1. The summed E-state index contributed by atoms with van der Waals surface area (Å²) in [7, 11) is 0. The largest absolute Gasteiger partial charge is 0.421 e. The fourth-order valence-electron chi connectivity index (χ4n) is 2.84. The first kappa shape index (κ1) is 15.0. The smallest absolute Gasteiger partial charge is 0.258 e. The number of aromatic nitrogens is 3. The molecule has 1 aromatic carbocycles. The Kier molecular flexibility index (Phi) is 3.86. The van der Waals surface area contributed by atoms with Gasteiger partial charge in [0.05, 0.1) is 16.8 Å². The van der Waals surface area contributed by atoms with Gasteiger partial charge in [-0.15, -0.1) is 21.5 Å². The highest BCUT2D eigenvalue weighted by molar-refractivity contribution is 7.15. The lowest BCUT2D eigenvalue weighted by atomic mass is 10.0. The van der Waals surface area contributed by atoms with E-state index in [9.17, 15) is 4.79 Å². The third-order valence-corrected chi connectivity index (χ3v) is 5.07. The van der Waals surface area contributed by atoms with Crippen molar-refractivity contribution < 1.29 is 9.21 Å². The third kappa shape index (κ3) is 2.82. The van der Waals surface area contributed by atoms with E-state index in [0.29, 0.717) is 28.0 Å². The highest BCUT2D eigenvalue weighted by atomic mass is 32.1. The summed E-state index contributed by atoms with van der Waals surface area (Å²) < 4.78 is 5.46. The molecule has 1 N–H and O–H groups in total. The second kappa shape index (κ2) is 6.16. The predicted molar refractivity (Wildman–Crippen MR) is 91.2 cm³/mol. The molecule has 0 aliphatic heterocycles. The molecule has 4 rings (SSSR count). The van der Waals surface area contributed by atoms with Crippen LogP contribution in [0, 0.1) is 6.92 Å². The van der Waals surface area contributed by atoms with Crippen LogP contribution in [0.3, 0.4) is 0 Å². The lowest BCUT2D eigenvalue weighted by molar-refractivity contribution is 0.102. The average molecular weight is 340 g/mol. The van der Waals surface area contributed by atoms with E-state index in [1.165, 1.54) is 17.7 Å². The number of thiazole rings is 1. The van der Waals surface area contributed by atoms with Crippen LogP contribution < -0.4 is 5.32 Å². The molecule has 7 heteroatoms. The normalized spacial score (nSPS) is 13.5. The van der Waals surface area contributed by atoms with Gasteiger partial charge in [0.1, 0.15) is 0 Å². The minimum absolute atomic E-state index is 0.215. The van der Waals surface area contributed by atoms with Crippen molar-refractivity contribution in [2.24, 2.45) is 0 Å². The molecular formula is C17H16N4O2S. The molecule has 2 heterocycles. The summed E-state index contributed by atoms with van der Waals surface area (Å²) in [5.41, 5.74) is 2.24. The molecule has 0 fully saturated rings. The van der Waals surface area contributed by atoms with Gasteiger partial charge in [-0.25, -0.2) is 4.98 Å². The number of benzene rings is 1. The zero-order chi connectivity index (χ0) is 16.5. The van der Waals surface area contributed by atoms with Crippen molar-refractivity contribution in [1.82, 2.24) is 15.2 Å². The number of nitrogens with one attached hydrogen (secondary N) is 1. The van der Waals surface area contributed by atoms with Crippen LogP contribution in [-0.4, -0.2) is 21.1 Å². The van der Waals surface area contributed by atoms with E-state index in [2.05, 4.69) is 20.5 Å². The zero-order valence-electron chi connectivity index (χ0n) is 13.2. The first-order valence-electron chi connectivity index (χ1n) is 7.90. The first-order chi connectivity index (χ1) is 11.7. The number of aryl methyl sites for hydroxylation is 3. The van der Waals surface area contributed by atoms with E-state index in [1.807, 2.05) is 12.1 Å². The van der Waals surface area contributed by atoms with Gasteiger partial charge in [-0.05, 0) is 37.8 Å². The number of rotatable bonds is 3. The number of carbonyl (C=O) groups is 1. The quantitative estimate of drug-likeness (QED) is 0.787. The van der Waals surface area contributed by atoms with Gasteiger partial charge >= 0.3 is 0 Å². The van der Waals surface area contributed by atoms with Crippen molar-refractivity contribution in [2.75, 3.05) is 5.32 Å². The molecule has 1 aliphatic rings. The molecule has 0 atom stereocenters. The van der Waals surface area contributed by atoms with Crippen molar-refractivity contribution in [3.8, 4) is 11.5 Å². The van der Waals surface area contributed by atoms with Gasteiger partial charge in [0.15, 0.2) is 5.13 Å². The molecule has 2 aromatic heterocycles. The Bertz CT molecular complexity index is 876. The Morgan fingerprint density at radius 3 is 2.83 bits per heavy atom. The Balaban J connectivity index is 1.62. The van der Waals surface area contributed by atoms with Crippen LogP contribution in [0.5, 0.6) is 0 Å². The maximum Gasteiger partial charge on any atom is 0.258 e. The van der Waals surface area contributed by atoms with E-state index in [4.69, 9.17) is 4.42 Å². The summed E-state index contributed by atoms with van der Waals surface area (Å²) in [5, 5.41) is 11.4. The molecule has 24 heavy (non-hydrogen) atoms. The molecule has 0 saturated carbocycles. The lowest BCUT2D eigenvalue weighted by Crippen LogP contribution is -2.13. The molecule has 3 aromatic rings. The van der Waals surface area contributed by atoms with Crippen molar-refractivity contribution in [2.45, 2.75) is 32.6 Å². The fourth-order valence-corrected chi connectivity index (χ4v) is 3.89. The van der Waals surface area contributed by atoms with Gasteiger partial charge in [0.25, 0.3) is 5.91 Å². The van der Waals surface area contributed by atoms with Crippen LogP contribution in [0.15, 0.2) is 28.7 Å². The highest BCUT2D eigenvalue weighted by Gasteiger charge is 2.20. The number of amides is 1. The Morgan fingerprint density at radius 2 is 2.04 bits per heavy atom. The van der Waals surface area contributed by atoms with Crippen LogP contribution in [0.2, 0.25) is 0 Å². The van der Waals surface area contributed by atoms with E-state index in [-0.39, 0.29) is 5.91 Å². The average Bonchev–Trinajstić information content (AvgIpc) is 3.20. The Hall–Kier alpha value is -2.54. The molecule has 0 radical (unpaired) electrons. The maximum atomic E-state index is 12.7. The number of carbonyl (C=O) groups excluding carboxylic acids is 1. The molecule has 122 valence electrons. The number of hydrogen-bond acceptors (Lipinski definition) is 6. The molecule has 0 spiro atoms. The van der Waals surface area contributed by atoms with Crippen molar-refractivity contribution in [3.05, 3.63) is 46.3 Å². The summed E-state index contributed by atoms with van der Waals surface area (Å²) in [6.07, 6.45) is 4.42. The molecule has 6 nitrogen and oxygen atoms in total. The standard InChI is InChI=1S/C17H16N4O2S/c1-10-20-21-16(23-10)12-7-3-2-6-11(12)15(22)19-17-18-13-8-4-5-9-14(13)24-17/h2-3,6-7H,4-5,8-9H2,1H3,(H,18,19,22). The summed E-state index contributed by atoms with van der Waals surface area (Å²) in [6, 6.07) is 7.20. The van der Waals surface area contributed by atoms with E-state index >= 15 is 0 Å². The summed E-state index contributed by atoms with van der Waals surface area (Å²) in [6.45, 7) is 1.72. The molecule has 0 unspecified atom stereocenters. The minimum atomic E-state index is -0.215. The van der Waals surface area contributed by atoms with Gasteiger partial charge in [0, 0.05) is 11.8 Å². The summed E-state index contributed by atoms with van der Waals surface area (Å²) in [4.78, 5) is 18.5. The summed E-state index contributed by atoms with van der Waals surface area (Å²) >= 11 is 1.57. The van der Waals surface area contributed by atoms with Gasteiger partial charge in [-0.3, -0.25) is 10.1 Å². The molecule has 0 bridgehead atoms. The molecule has 1 aliphatic carbocycles. The van der Waals surface area contributed by atoms with Crippen LogP contribution >= 0.6 is 11.3 Å². The molecule has 0 saturated heterocycles. The monoisotopic (exact) mass is 340 g/mol. The second-order valence-corrected chi connectivity index (χ2v) is 6.81. The second-order valence-electron chi connectivity index (χ2n) is 5.72. The van der Waals surface area contributed by atoms with Crippen molar-refractivity contribution >= 4 is 22.4 Å². The fraction of sp³-hybridized carbons (Fsp3) is 0.294. The zero-order valence-corrected chi connectivity index (χ0v) is 14.0. The first-order valence-corrected chi connectivity index (χ1v) is 8.72. The topological polar surface area (TPSA) is 80.9 Å². The molecular weight excluding hydrogens is 324 g/mol. The van der Waals surface area contributed by atoms with Gasteiger partial charge in [-0.2, -0.15) is 0 Å². The van der Waals surface area contributed by atoms with Crippen LogP contribution in [0.25, 0.3) is 11.5 Å². The highest BCUT2D eigenvalue weighted by Crippen LogP contribution is 2.30. The number of nitrogens with zero attached hydrogens (tertiary/aromatic N) is 3. The molecule has 1 amide bonds. The van der Waals surface area contributed by atoms with Gasteiger partial charge < -0.3 is 4.42 Å². The summed E-state index contributed by atoms with van der Waals surface area (Å²) in [5.74, 6) is 0.594.